The van der Waals surface area contributed by atoms with E-state index in [2.05, 4.69) is 4.98 Å². The zero-order chi connectivity index (χ0) is 15.4. The van der Waals surface area contributed by atoms with Gasteiger partial charge in [-0.3, -0.25) is 9.59 Å². The predicted octanol–water partition coefficient (Wildman–Crippen LogP) is 2.25. The molecule has 6 heteroatoms. The van der Waals surface area contributed by atoms with Crippen molar-refractivity contribution in [2.45, 2.75) is 32.9 Å². The van der Waals surface area contributed by atoms with Gasteiger partial charge in [0.25, 0.3) is 0 Å². The molecule has 0 fully saturated rings. The number of carboxylic acid groups (broad SMARTS) is 1. The smallest absolute Gasteiger partial charge is 0.305 e. The van der Waals surface area contributed by atoms with Crippen LogP contribution in [0.25, 0.3) is 11.0 Å². The van der Waals surface area contributed by atoms with Crippen molar-refractivity contribution in [3.8, 4) is 0 Å². The highest BCUT2D eigenvalue weighted by atomic mass is 16.5. The Morgan fingerprint density at radius 2 is 2.14 bits per heavy atom. The number of imidazole rings is 1. The van der Waals surface area contributed by atoms with Crippen LogP contribution < -0.4 is 0 Å². The molecule has 2 rings (SSSR count). The van der Waals surface area contributed by atoms with Crippen molar-refractivity contribution < 1.29 is 19.4 Å². The summed E-state index contributed by atoms with van der Waals surface area (Å²) in [6.45, 7) is 2.44. The van der Waals surface area contributed by atoms with Crippen LogP contribution in [0.5, 0.6) is 0 Å². The van der Waals surface area contributed by atoms with E-state index in [1.165, 1.54) is 0 Å². The molecule has 6 nitrogen and oxygen atoms in total. The van der Waals surface area contributed by atoms with Crippen LogP contribution in [0, 0.1) is 0 Å². The molecule has 0 unspecified atom stereocenters. The molecule has 0 aliphatic rings. The molecule has 0 radical (unpaired) electrons. The van der Waals surface area contributed by atoms with Crippen LogP contribution in [-0.2, 0) is 22.7 Å². The summed E-state index contributed by atoms with van der Waals surface area (Å²) in [5, 5.41) is 8.84. The Hall–Kier alpha value is -2.21. The number of hydrogen-bond acceptors (Lipinski definition) is 4. The highest BCUT2D eigenvalue weighted by molar-refractivity contribution is 5.98. The fourth-order valence-corrected chi connectivity index (χ4v) is 2.25. The van der Waals surface area contributed by atoms with Gasteiger partial charge in [0.2, 0.25) is 0 Å². The topological polar surface area (TPSA) is 81.4 Å². The molecule has 0 amide bonds. The van der Waals surface area contributed by atoms with Crippen molar-refractivity contribution in [3.63, 3.8) is 0 Å². The molecule has 1 N–H and O–H groups in total. The van der Waals surface area contributed by atoms with Gasteiger partial charge in [0.05, 0.1) is 17.5 Å². The van der Waals surface area contributed by atoms with Crippen LogP contribution in [0.2, 0.25) is 0 Å². The minimum atomic E-state index is -0.863. The van der Waals surface area contributed by atoms with E-state index in [-0.39, 0.29) is 12.2 Å². The molecular formula is C15H18N2O4. The van der Waals surface area contributed by atoms with Gasteiger partial charge >= 0.3 is 5.97 Å². The number of methoxy groups -OCH3 is 1. The molecule has 0 saturated carbocycles. The third-order valence-corrected chi connectivity index (χ3v) is 3.29. The Labute approximate surface area is 122 Å². The second-order valence-corrected chi connectivity index (χ2v) is 4.74. The molecule has 0 atom stereocenters. The number of Topliss-reactive ketones (excluding diaryl/α,β-unsaturated/α-hetero) is 1. The minimum Gasteiger partial charge on any atom is -0.481 e. The van der Waals surface area contributed by atoms with Crippen LogP contribution in [-0.4, -0.2) is 33.5 Å². The monoisotopic (exact) mass is 290 g/mol. The molecular weight excluding hydrogens is 272 g/mol. The molecule has 0 aliphatic heterocycles. The summed E-state index contributed by atoms with van der Waals surface area (Å²) >= 11 is 0. The number of benzene rings is 1. The number of fused-ring (bicyclic) bond motifs is 1. The van der Waals surface area contributed by atoms with Crippen molar-refractivity contribution in [1.29, 1.82) is 0 Å². The number of carbonyl (C=O) groups is 2. The Morgan fingerprint density at radius 3 is 2.76 bits per heavy atom. The van der Waals surface area contributed by atoms with Gasteiger partial charge in [-0.25, -0.2) is 4.98 Å². The van der Waals surface area contributed by atoms with E-state index in [1.54, 1.807) is 19.2 Å². The van der Waals surface area contributed by atoms with Gasteiger partial charge < -0.3 is 14.4 Å². The van der Waals surface area contributed by atoms with E-state index in [1.807, 2.05) is 17.6 Å². The van der Waals surface area contributed by atoms with Crippen molar-refractivity contribution in [2.75, 3.05) is 7.11 Å². The number of ether oxygens (including phenoxy) is 1. The highest BCUT2D eigenvalue weighted by Gasteiger charge is 2.13. The quantitative estimate of drug-likeness (QED) is 0.791. The number of aliphatic carboxylic acids is 1. The van der Waals surface area contributed by atoms with Crippen molar-refractivity contribution in [1.82, 2.24) is 9.55 Å². The molecule has 21 heavy (non-hydrogen) atoms. The van der Waals surface area contributed by atoms with Gasteiger partial charge in [0.15, 0.2) is 5.78 Å². The summed E-state index contributed by atoms with van der Waals surface area (Å²) in [5.74, 6) is -0.141. The van der Waals surface area contributed by atoms with Gasteiger partial charge in [-0.15, -0.1) is 0 Å². The molecule has 0 aliphatic carbocycles. The largest absolute Gasteiger partial charge is 0.481 e. The fourth-order valence-electron chi connectivity index (χ4n) is 2.25. The van der Waals surface area contributed by atoms with Gasteiger partial charge in [-0.05, 0) is 18.2 Å². The van der Waals surface area contributed by atoms with E-state index < -0.39 is 5.97 Å². The minimum absolute atomic E-state index is 0.0117. The van der Waals surface area contributed by atoms with E-state index in [4.69, 9.17) is 9.84 Å². The standard InChI is InChI=1S/C15H18N2O4/c1-3-13(18)10-4-5-12-11(8-10)16-14(9-21-2)17(12)7-6-15(19)20/h4-5,8H,3,6-7,9H2,1-2H3,(H,19,20). The third kappa shape index (κ3) is 3.28. The zero-order valence-corrected chi connectivity index (χ0v) is 12.1. The molecule has 112 valence electrons. The van der Waals surface area contributed by atoms with Gasteiger partial charge in [-0.2, -0.15) is 0 Å². The van der Waals surface area contributed by atoms with Crippen LogP contribution in [0.3, 0.4) is 0 Å². The average Bonchev–Trinajstić information content (AvgIpc) is 2.81. The molecule has 0 spiro atoms. The Kier molecular flexibility index (Phi) is 4.70. The lowest BCUT2D eigenvalue weighted by atomic mass is 10.1. The van der Waals surface area contributed by atoms with Gasteiger partial charge in [0, 0.05) is 25.6 Å². The number of aryl methyl sites for hydroxylation is 1. The van der Waals surface area contributed by atoms with Crippen LogP contribution >= 0.6 is 0 Å². The first kappa shape index (κ1) is 15.2. The summed E-state index contributed by atoms with van der Waals surface area (Å²) in [7, 11) is 1.56. The summed E-state index contributed by atoms with van der Waals surface area (Å²) in [6, 6.07) is 5.31. The number of hydrogen-bond donors (Lipinski definition) is 1. The first-order chi connectivity index (χ1) is 10.1. The summed E-state index contributed by atoms with van der Waals surface area (Å²) < 4.78 is 6.93. The fraction of sp³-hybridized carbons (Fsp3) is 0.400. The van der Waals surface area contributed by atoms with Crippen molar-refractivity contribution in [2.24, 2.45) is 0 Å². The van der Waals surface area contributed by atoms with Gasteiger partial charge in [-0.1, -0.05) is 6.92 Å². The number of rotatable bonds is 7. The maximum atomic E-state index is 11.8. The lowest BCUT2D eigenvalue weighted by Gasteiger charge is -2.07. The molecule has 1 aromatic heterocycles. The first-order valence-electron chi connectivity index (χ1n) is 6.80. The van der Waals surface area contributed by atoms with Crippen LogP contribution in [0.4, 0.5) is 0 Å². The number of nitrogens with zero attached hydrogens (tertiary/aromatic N) is 2. The van der Waals surface area contributed by atoms with E-state index in [0.717, 1.165) is 5.52 Å². The maximum absolute atomic E-state index is 11.8. The third-order valence-electron chi connectivity index (χ3n) is 3.29. The molecule has 1 aromatic carbocycles. The lowest BCUT2D eigenvalue weighted by molar-refractivity contribution is -0.137. The SMILES string of the molecule is CCC(=O)c1ccc2c(c1)nc(COC)n2CCC(=O)O. The Morgan fingerprint density at radius 1 is 1.38 bits per heavy atom. The first-order valence-corrected chi connectivity index (χ1v) is 6.80. The normalized spacial score (nSPS) is 11.0. The Balaban J connectivity index is 2.46. The number of ketones is 1. The highest BCUT2D eigenvalue weighted by Crippen LogP contribution is 2.20. The lowest BCUT2D eigenvalue weighted by Crippen LogP contribution is -2.08. The zero-order valence-electron chi connectivity index (χ0n) is 12.1. The van der Waals surface area contributed by atoms with Crippen LogP contribution in [0.1, 0.15) is 35.9 Å². The maximum Gasteiger partial charge on any atom is 0.305 e. The van der Waals surface area contributed by atoms with Gasteiger partial charge in [0.1, 0.15) is 12.4 Å². The second-order valence-electron chi connectivity index (χ2n) is 4.74. The molecule has 0 bridgehead atoms. The average molecular weight is 290 g/mol. The van der Waals surface area contributed by atoms with E-state index >= 15 is 0 Å². The van der Waals surface area contributed by atoms with Crippen LogP contribution in [0.15, 0.2) is 18.2 Å². The van der Waals surface area contributed by atoms with E-state index in [9.17, 15) is 9.59 Å². The van der Waals surface area contributed by atoms with Crippen molar-refractivity contribution >= 4 is 22.8 Å². The Bertz CT molecular complexity index is 676. The number of carbonyl (C=O) groups excluding carboxylic acids is 1. The summed E-state index contributed by atoms with van der Waals surface area (Å²) in [6.07, 6.45) is 0.452. The van der Waals surface area contributed by atoms with Crippen molar-refractivity contribution in [3.05, 3.63) is 29.6 Å². The number of aromatic nitrogens is 2. The molecule has 1 heterocycles. The number of carboxylic acids is 1. The predicted molar refractivity (Wildman–Crippen MR) is 77.3 cm³/mol. The molecule has 2 aromatic rings. The summed E-state index contributed by atoms with van der Waals surface area (Å²) in [5.41, 5.74) is 2.12. The van der Waals surface area contributed by atoms with E-state index in [0.29, 0.717) is 36.5 Å². The summed E-state index contributed by atoms with van der Waals surface area (Å²) in [4.78, 5) is 27.0. The molecule has 0 saturated heterocycles. The second kappa shape index (κ2) is 6.49.